The van der Waals surface area contributed by atoms with Gasteiger partial charge in [-0.15, -0.1) is 0 Å². The van der Waals surface area contributed by atoms with E-state index in [4.69, 9.17) is 14.2 Å². The molecule has 5 heteroatoms. The van der Waals surface area contributed by atoms with Crippen LogP contribution in [0, 0.1) is 0 Å². The zero-order chi connectivity index (χ0) is 17.8. The highest BCUT2D eigenvalue weighted by atomic mass is 16.5. The summed E-state index contributed by atoms with van der Waals surface area (Å²) in [7, 11) is 7.07. The van der Waals surface area contributed by atoms with Crippen molar-refractivity contribution in [2.45, 2.75) is 36.6 Å². The third kappa shape index (κ3) is 1.96. The first-order valence-electron chi connectivity index (χ1n) is 8.78. The zero-order valence-electron chi connectivity index (χ0n) is 15.3. The van der Waals surface area contributed by atoms with E-state index in [0.717, 1.165) is 37.3 Å². The lowest BCUT2D eigenvalue weighted by Crippen LogP contribution is -2.59. The summed E-state index contributed by atoms with van der Waals surface area (Å²) in [6.45, 7) is 0.967. The summed E-state index contributed by atoms with van der Waals surface area (Å²) >= 11 is 0. The smallest absolute Gasteiger partial charge is 0.198 e. The molecule has 4 rings (SSSR count). The minimum Gasteiger partial charge on any atom is -0.493 e. The topological polar surface area (TPSA) is 48.0 Å². The van der Waals surface area contributed by atoms with Gasteiger partial charge in [0.15, 0.2) is 23.0 Å². The summed E-state index contributed by atoms with van der Waals surface area (Å²) in [6, 6.07) is 4.19. The molecule has 1 aromatic rings. The van der Waals surface area contributed by atoms with Crippen LogP contribution in [0.15, 0.2) is 24.0 Å². The molecule has 2 atom stereocenters. The third-order valence-electron chi connectivity index (χ3n) is 6.61. The fourth-order valence-electron chi connectivity index (χ4n) is 5.33. The fourth-order valence-corrected chi connectivity index (χ4v) is 5.33. The number of methoxy groups -OCH3 is 3. The number of hydrogen-bond acceptors (Lipinski definition) is 5. The van der Waals surface area contributed by atoms with Crippen molar-refractivity contribution in [1.82, 2.24) is 4.90 Å². The molecular formula is C20H25NO4. The lowest BCUT2D eigenvalue weighted by atomic mass is 9.54. The Hall–Kier alpha value is -2.01. The summed E-state index contributed by atoms with van der Waals surface area (Å²) in [6.07, 6.45) is 5.46. The van der Waals surface area contributed by atoms with Crippen molar-refractivity contribution in [1.29, 1.82) is 0 Å². The maximum Gasteiger partial charge on any atom is 0.198 e. The Labute approximate surface area is 148 Å². The molecule has 0 aromatic heterocycles. The van der Waals surface area contributed by atoms with Gasteiger partial charge in [0.25, 0.3) is 0 Å². The van der Waals surface area contributed by atoms with Gasteiger partial charge in [-0.25, -0.2) is 0 Å². The second-order valence-electron chi connectivity index (χ2n) is 7.35. The molecule has 1 unspecified atom stereocenters. The van der Waals surface area contributed by atoms with Crippen molar-refractivity contribution in [3.05, 3.63) is 35.1 Å². The number of benzene rings is 1. The number of likely N-dealkylation sites (N-methyl/N-ethyl adjacent to an activating group) is 1. The maximum absolute atomic E-state index is 12.7. The predicted octanol–water partition coefficient (Wildman–Crippen LogP) is 2.47. The standard InChI is InChI=1S/C20H25NO4/c1-21-8-7-19-11-15(22)18(25-4)12-20(19,21)6-5-13-9-16(23-2)17(24-3)10-14(13)19/h9-10,12H,5-8,11H2,1-4H3/t19?,20-/m1/s1. The number of likely N-dealkylation sites (tertiary alicyclic amines) is 1. The van der Waals surface area contributed by atoms with Crippen molar-refractivity contribution in [3.63, 3.8) is 0 Å². The van der Waals surface area contributed by atoms with Crippen LogP contribution in [0.1, 0.15) is 30.4 Å². The molecule has 1 aliphatic heterocycles. The molecule has 1 heterocycles. The number of nitrogens with zero attached hydrogens (tertiary/aromatic N) is 1. The first-order valence-corrected chi connectivity index (χ1v) is 8.78. The summed E-state index contributed by atoms with van der Waals surface area (Å²) in [4.78, 5) is 15.1. The molecule has 1 fully saturated rings. The third-order valence-corrected chi connectivity index (χ3v) is 6.61. The SMILES string of the molecule is COC1=C[C@]23CCc4cc(OC)c(OC)cc4C2(CCN3C)CC1=O. The first kappa shape index (κ1) is 16.5. The Morgan fingerprint density at radius 1 is 1.04 bits per heavy atom. The number of hydrogen-bond donors (Lipinski definition) is 0. The molecule has 0 amide bonds. The predicted molar refractivity (Wildman–Crippen MR) is 94.2 cm³/mol. The number of ether oxygens (including phenoxy) is 3. The van der Waals surface area contributed by atoms with Crippen LogP contribution in [-0.4, -0.2) is 51.1 Å². The van der Waals surface area contributed by atoms with E-state index in [0.29, 0.717) is 12.2 Å². The molecule has 3 aliphatic rings. The van der Waals surface area contributed by atoms with Gasteiger partial charge in [0, 0.05) is 11.8 Å². The van der Waals surface area contributed by atoms with Crippen molar-refractivity contribution in [2.75, 3.05) is 34.9 Å². The second kappa shape index (κ2) is 5.49. The molecule has 134 valence electrons. The highest BCUT2D eigenvalue weighted by Gasteiger charge is 2.63. The van der Waals surface area contributed by atoms with Crippen LogP contribution in [0.3, 0.4) is 0 Å². The molecule has 2 aliphatic carbocycles. The Balaban J connectivity index is 1.97. The van der Waals surface area contributed by atoms with E-state index in [1.165, 1.54) is 11.1 Å². The highest BCUT2D eigenvalue weighted by molar-refractivity contribution is 5.96. The van der Waals surface area contributed by atoms with E-state index < -0.39 is 0 Å². The molecule has 5 nitrogen and oxygen atoms in total. The Bertz CT molecular complexity index is 771. The molecule has 0 bridgehead atoms. The number of carbonyl (C=O) groups excluding carboxylic acids is 1. The summed E-state index contributed by atoms with van der Waals surface area (Å²) in [5.74, 6) is 2.09. The van der Waals surface area contributed by atoms with Gasteiger partial charge in [-0.2, -0.15) is 0 Å². The van der Waals surface area contributed by atoms with Crippen LogP contribution in [-0.2, 0) is 21.4 Å². The number of carbonyl (C=O) groups is 1. The van der Waals surface area contributed by atoms with E-state index in [1.807, 2.05) is 0 Å². The van der Waals surface area contributed by atoms with Gasteiger partial charge in [-0.05, 0) is 62.2 Å². The van der Waals surface area contributed by atoms with Gasteiger partial charge in [-0.1, -0.05) is 0 Å². The molecule has 25 heavy (non-hydrogen) atoms. The normalized spacial score (nSPS) is 30.9. The van der Waals surface area contributed by atoms with Crippen molar-refractivity contribution >= 4 is 5.78 Å². The number of fused-ring (bicyclic) bond motifs is 1. The summed E-state index contributed by atoms with van der Waals surface area (Å²) in [5.41, 5.74) is 2.12. The van der Waals surface area contributed by atoms with E-state index >= 15 is 0 Å². The molecule has 1 saturated heterocycles. The average Bonchev–Trinajstić information content (AvgIpc) is 2.93. The number of rotatable bonds is 3. The van der Waals surface area contributed by atoms with E-state index in [-0.39, 0.29) is 16.7 Å². The maximum atomic E-state index is 12.7. The largest absolute Gasteiger partial charge is 0.493 e. The van der Waals surface area contributed by atoms with Gasteiger partial charge < -0.3 is 14.2 Å². The van der Waals surface area contributed by atoms with Crippen molar-refractivity contribution in [2.24, 2.45) is 0 Å². The van der Waals surface area contributed by atoms with Gasteiger partial charge in [0.2, 0.25) is 0 Å². The van der Waals surface area contributed by atoms with E-state index in [9.17, 15) is 4.79 Å². The van der Waals surface area contributed by atoms with Gasteiger partial charge in [0.1, 0.15) is 0 Å². The summed E-state index contributed by atoms with van der Waals surface area (Å²) in [5, 5.41) is 0. The monoisotopic (exact) mass is 343 g/mol. The van der Waals surface area contributed by atoms with Crippen LogP contribution < -0.4 is 9.47 Å². The minimum absolute atomic E-state index is 0.0936. The highest BCUT2D eigenvalue weighted by Crippen LogP contribution is 2.59. The number of ketones is 1. The molecule has 0 spiro atoms. The van der Waals surface area contributed by atoms with Gasteiger partial charge in [0.05, 0.1) is 26.9 Å². The van der Waals surface area contributed by atoms with Gasteiger partial charge >= 0.3 is 0 Å². The number of aryl methyl sites for hydroxylation is 1. The number of Topliss-reactive ketones (excluding diaryl/α,β-unsaturated/α-hetero) is 1. The molecule has 0 radical (unpaired) electrons. The van der Waals surface area contributed by atoms with Crippen LogP contribution in [0.5, 0.6) is 11.5 Å². The lowest BCUT2D eigenvalue weighted by molar-refractivity contribution is -0.122. The average molecular weight is 343 g/mol. The zero-order valence-corrected chi connectivity index (χ0v) is 15.3. The Morgan fingerprint density at radius 2 is 1.76 bits per heavy atom. The van der Waals surface area contributed by atoms with Crippen LogP contribution >= 0.6 is 0 Å². The van der Waals surface area contributed by atoms with Crippen LogP contribution in [0.4, 0.5) is 0 Å². The van der Waals surface area contributed by atoms with E-state index in [1.54, 1.807) is 21.3 Å². The molecule has 0 saturated carbocycles. The van der Waals surface area contributed by atoms with Crippen LogP contribution in [0.2, 0.25) is 0 Å². The quantitative estimate of drug-likeness (QED) is 0.844. The van der Waals surface area contributed by atoms with E-state index in [2.05, 4.69) is 30.2 Å². The van der Waals surface area contributed by atoms with Crippen molar-refractivity contribution < 1.29 is 19.0 Å². The van der Waals surface area contributed by atoms with Gasteiger partial charge in [-0.3, -0.25) is 9.69 Å². The fraction of sp³-hybridized carbons (Fsp3) is 0.550. The second-order valence-corrected chi connectivity index (χ2v) is 7.35. The molecular weight excluding hydrogens is 318 g/mol. The van der Waals surface area contributed by atoms with Crippen LogP contribution in [0.25, 0.3) is 0 Å². The molecule has 0 N–H and O–H groups in total. The minimum atomic E-state index is -0.214. The first-order chi connectivity index (χ1) is 12.0. The Kier molecular flexibility index (Phi) is 3.62. The lowest BCUT2D eigenvalue weighted by Gasteiger charge is -2.53. The number of allylic oxidation sites excluding steroid dienone is 1. The Morgan fingerprint density at radius 3 is 2.44 bits per heavy atom. The summed E-state index contributed by atoms with van der Waals surface area (Å²) < 4.78 is 16.5. The van der Waals surface area contributed by atoms with Crippen molar-refractivity contribution in [3.8, 4) is 11.5 Å². The molecule has 1 aromatic carbocycles.